The van der Waals surface area contributed by atoms with Crippen molar-refractivity contribution in [3.63, 3.8) is 0 Å². The molecule has 4 rings (SSSR count). The largest absolute Gasteiger partial charge is 0.478 e. The molecule has 0 bridgehead atoms. The summed E-state index contributed by atoms with van der Waals surface area (Å²) in [5, 5.41) is 9.18. The van der Waals surface area contributed by atoms with Gasteiger partial charge in [0.15, 0.2) is 0 Å². The molecule has 0 saturated carbocycles. The molecule has 0 fully saturated rings. The minimum atomic E-state index is -0.980. The standard InChI is InChI=1S/C20H14N2O3/c21-19(23)16-10-17(11-4-2-1-3-5-11)22-18-14-7-6-12(20(24)25)8-13(14)9-15(16)18/h1-8,10H,9H2,(H2,21,23)(H,24,25). The van der Waals surface area contributed by atoms with Crippen LogP contribution < -0.4 is 5.73 Å². The van der Waals surface area contributed by atoms with E-state index in [4.69, 9.17) is 10.7 Å². The van der Waals surface area contributed by atoms with Crippen LogP contribution in [-0.2, 0) is 6.42 Å². The first-order valence-corrected chi connectivity index (χ1v) is 7.80. The molecule has 1 aromatic heterocycles. The van der Waals surface area contributed by atoms with Gasteiger partial charge in [0.25, 0.3) is 0 Å². The topological polar surface area (TPSA) is 93.3 Å². The lowest BCUT2D eigenvalue weighted by Crippen LogP contribution is -2.14. The molecule has 0 unspecified atom stereocenters. The van der Waals surface area contributed by atoms with Gasteiger partial charge in [-0.25, -0.2) is 9.78 Å². The van der Waals surface area contributed by atoms with Gasteiger partial charge in [0.1, 0.15) is 0 Å². The van der Waals surface area contributed by atoms with E-state index in [1.54, 1.807) is 24.3 Å². The number of nitrogens with two attached hydrogens (primary N) is 1. The van der Waals surface area contributed by atoms with Crippen LogP contribution >= 0.6 is 0 Å². The normalized spacial score (nSPS) is 11.7. The number of carboxylic acid groups (broad SMARTS) is 1. The molecule has 1 aliphatic rings. The molecule has 5 heteroatoms. The van der Waals surface area contributed by atoms with Crippen molar-refractivity contribution < 1.29 is 14.7 Å². The third kappa shape index (κ3) is 2.46. The van der Waals surface area contributed by atoms with Gasteiger partial charge in [0.2, 0.25) is 5.91 Å². The van der Waals surface area contributed by atoms with E-state index in [1.807, 2.05) is 30.3 Å². The third-order valence-electron chi connectivity index (χ3n) is 4.43. The number of benzene rings is 2. The SMILES string of the molecule is NC(=O)c1cc(-c2ccccc2)nc2c1Cc1cc(C(=O)O)ccc1-2. The molecule has 1 amide bonds. The first kappa shape index (κ1) is 15.1. The minimum absolute atomic E-state index is 0.218. The smallest absolute Gasteiger partial charge is 0.335 e. The Morgan fingerprint density at radius 2 is 1.80 bits per heavy atom. The number of aromatic carboxylic acids is 1. The summed E-state index contributed by atoms with van der Waals surface area (Å²) in [6, 6.07) is 16.2. The number of carbonyl (C=O) groups is 2. The summed E-state index contributed by atoms with van der Waals surface area (Å²) in [5.74, 6) is -1.49. The molecule has 1 heterocycles. The van der Waals surface area contributed by atoms with Gasteiger partial charge in [-0.1, -0.05) is 36.4 Å². The number of aromatic nitrogens is 1. The second-order valence-corrected chi connectivity index (χ2v) is 5.97. The molecular weight excluding hydrogens is 316 g/mol. The van der Waals surface area contributed by atoms with Crippen LogP contribution in [0.15, 0.2) is 54.6 Å². The zero-order valence-corrected chi connectivity index (χ0v) is 13.2. The lowest BCUT2D eigenvalue weighted by atomic mass is 10.0. The Hall–Kier alpha value is -3.47. The van der Waals surface area contributed by atoms with Crippen LogP contribution in [0.25, 0.3) is 22.5 Å². The van der Waals surface area contributed by atoms with Crippen LogP contribution in [0.5, 0.6) is 0 Å². The van der Waals surface area contributed by atoms with Crippen molar-refractivity contribution in [1.29, 1.82) is 0 Å². The monoisotopic (exact) mass is 330 g/mol. The second-order valence-electron chi connectivity index (χ2n) is 5.97. The van der Waals surface area contributed by atoms with Crippen molar-refractivity contribution in [2.45, 2.75) is 6.42 Å². The summed E-state index contributed by atoms with van der Waals surface area (Å²) in [6.45, 7) is 0. The van der Waals surface area contributed by atoms with Crippen LogP contribution in [-0.4, -0.2) is 22.0 Å². The van der Waals surface area contributed by atoms with E-state index in [-0.39, 0.29) is 5.56 Å². The highest BCUT2D eigenvalue weighted by Crippen LogP contribution is 2.39. The van der Waals surface area contributed by atoms with Gasteiger partial charge in [0.05, 0.1) is 17.0 Å². The van der Waals surface area contributed by atoms with Crippen LogP contribution in [0.4, 0.5) is 0 Å². The van der Waals surface area contributed by atoms with Crippen LogP contribution in [0, 0.1) is 0 Å². The molecule has 0 saturated heterocycles. The Morgan fingerprint density at radius 3 is 2.48 bits per heavy atom. The van der Waals surface area contributed by atoms with Gasteiger partial charge < -0.3 is 10.8 Å². The fourth-order valence-electron chi connectivity index (χ4n) is 3.24. The number of carbonyl (C=O) groups excluding carboxylic acids is 1. The summed E-state index contributed by atoms with van der Waals surface area (Å²) in [7, 11) is 0. The third-order valence-corrected chi connectivity index (χ3v) is 4.43. The van der Waals surface area contributed by atoms with E-state index in [0.29, 0.717) is 23.4 Å². The maximum Gasteiger partial charge on any atom is 0.335 e. The first-order valence-electron chi connectivity index (χ1n) is 7.80. The Labute approximate surface area is 143 Å². The minimum Gasteiger partial charge on any atom is -0.478 e. The predicted octanol–water partition coefficient (Wildman–Crippen LogP) is 3.12. The summed E-state index contributed by atoms with van der Waals surface area (Å²) < 4.78 is 0. The van der Waals surface area contributed by atoms with E-state index in [2.05, 4.69) is 0 Å². The van der Waals surface area contributed by atoms with Crippen molar-refractivity contribution in [1.82, 2.24) is 4.98 Å². The van der Waals surface area contributed by atoms with Gasteiger partial charge in [-0.3, -0.25) is 4.79 Å². The Kier molecular flexibility index (Phi) is 3.35. The summed E-state index contributed by atoms with van der Waals surface area (Å²) >= 11 is 0. The second kappa shape index (κ2) is 5.56. The van der Waals surface area contributed by atoms with E-state index >= 15 is 0 Å². The van der Waals surface area contributed by atoms with Crippen LogP contribution in [0.1, 0.15) is 31.8 Å². The lowest BCUT2D eigenvalue weighted by Gasteiger charge is -2.09. The molecule has 2 aromatic carbocycles. The van der Waals surface area contributed by atoms with Crippen molar-refractivity contribution in [3.05, 3.63) is 76.9 Å². The predicted molar refractivity (Wildman–Crippen MR) is 93.4 cm³/mol. The highest BCUT2D eigenvalue weighted by Gasteiger charge is 2.26. The van der Waals surface area contributed by atoms with Crippen molar-refractivity contribution >= 4 is 11.9 Å². The molecule has 122 valence electrons. The number of rotatable bonds is 3. The van der Waals surface area contributed by atoms with Crippen molar-refractivity contribution in [2.24, 2.45) is 5.73 Å². The zero-order valence-electron chi connectivity index (χ0n) is 13.2. The van der Waals surface area contributed by atoms with Crippen molar-refractivity contribution in [2.75, 3.05) is 0 Å². The maximum atomic E-state index is 12.0. The Morgan fingerprint density at radius 1 is 1.04 bits per heavy atom. The molecule has 25 heavy (non-hydrogen) atoms. The molecule has 0 aliphatic heterocycles. The quantitative estimate of drug-likeness (QED) is 0.603. The number of primary amides is 1. The van der Waals surface area contributed by atoms with Gasteiger partial charge >= 0.3 is 5.97 Å². The Balaban J connectivity index is 1.94. The molecule has 3 N–H and O–H groups in total. The van der Waals surface area contributed by atoms with E-state index < -0.39 is 11.9 Å². The van der Waals surface area contributed by atoms with Crippen LogP contribution in [0.2, 0.25) is 0 Å². The van der Waals surface area contributed by atoms with E-state index in [9.17, 15) is 14.7 Å². The van der Waals surface area contributed by atoms with Gasteiger partial charge in [0, 0.05) is 23.1 Å². The fourth-order valence-corrected chi connectivity index (χ4v) is 3.24. The summed E-state index contributed by atoms with van der Waals surface area (Å²) in [6.07, 6.45) is 0.451. The zero-order chi connectivity index (χ0) is 17.6. The lowest BCUT2D eigenvalue weighted by molar-refractivity contribution is 0.0696. The number of amides is 1. The van der Waals surface area contributed by atoms with E-state index in [0.717, 1.165) is 22.3 Å². The number of hydrogen-bond donors (Lipinski definition) is 2. The van der Waals surface area contributed by atoms with Crippen molar-refractivity contribution in [3.8, 4) is 22.5 Å². The highest BCUT2D eigenvalue weighted by molar-refractivity contribution is 5.99. The maximum absolute atomic E-state index is 12.0. The highest BCUT2D eigenvalue weighted by atomic mass is 16.4. The molecule has 0 radical (unpaired) electrons. The number of hydrogen-bond acceptors (Lipinski definition) is 3. The first-order chi connectivity index (χ1) is 12.0. The number of nitrogens with zero attached hydrogens (tertiary/aromatic N) is 1. The average Bonchev–Trinajstić information content (AvgIpc) is 2.99. The molecule has 1 aliphatic carbocycles. The number of pyridine rings is 1. The molecule has 0 spiro atoms. The number of carboxylic acids is 1. The van der Waals surface area contributed by atoms with E-state index in [1.165, 1.54) is 0 Å². The average molecular weight is 330 g/mol. The molecule has 0 atom stereocenters. The van der Waals surface area contributed by atoms with Gasteiger partial charge in [-0.15, -0.1) is 0 Å². The van der Waals surface area contributed by atoms with Crippen LogP contribution in [0.3, 0.4) is 0 Å². The summed E-state index contributed by atoms with van der Waals surface area (Å²) in [4.78, 5) is 27.9. The van der Waals surface area contributed by atoms with Gasteiger partial charge in [-0.05, 0) is 29.3 Å². The molecular formula is C20H14N2O3. The summed E-state index contributed by atoms with van der Waals surface area (Å²) in [5.41, 5.74) is 10.9. The fraction of sp³-hybridized carbons (Fsp3) is 0.0500. The Bertz CT molecular complexity index is 1030. The molecule has 5 nitrogen and oxygen atoms in total. The van der Waals surface area contributed by atoms with Gasteiger partial charge in [-0.2, -0.15) is 0 Å². The number of fused-ring (bicyclic) bond motifs is 3. The molecule has 3 aromatic rings.